The molecule has 0 heterocycles. The minimum Gasteiger partial charge on any atom is -0.258 e. The molecule has 0 bridgehead atoms. The molecule has 0 atom stereocenters. The number of benzene rings is 1. The van der Waals surface area contributed by atoms with Crippen LogP contribution in [0.15, 0.2) is 16.6 Å². The number of hydrogen-bond acceptors (Lipinski definition) is 3. The maximum Gasteiger partial charge on any atom is 0.291 e. The van der Waals surface area contributed by atoms with Crippen LogP contribution in [0.25, 0.3) is 0 Å². The maximum absolute atomic E-state index is 10.6. The summed E-state index contributed by atoms with van der Waals surface area (Å²) in [6, 6.07) is 4.83. The van der Waals surface area contributed by atoms with Crippen molar-refractivity contribution in [2.75, 3.05) is 0 Å². The van der Waals surface area contributed by atoms with Gasteiger partial charge in [0.15, 0.2) is 0 Å². The molecule has 0 saturated carbocycles. The van der Waals surface area contributed by atoms with Gasteiger partial charge in [-0.05, 0) is 19.1 Å². The lowest BCUT2D eigenvalue weighted by atomic mass is 10.1. The van der Waals surface area contributed by atoms with Crippen molar-refractivity contribution in [1.82, 2.24) is 0 Å². The SMILES string of the molecule is Cc1c(Br)ccc(C#N)c1[N+](=O)[O-]. The van der Waals surface area contributed by atoms with Crippen LogP contribution in [0, 0.1) is 28.4 Å². The summed E-state index contributed by atoms with van der Waals surface area (Å²) < 4.78 is 0.637. The van der Waals surface area contributed by atoms with Crippen molar-refractivity contribution in [1.29, 1.82) is 5.26 Å². The van der Waals surface area contributed by atoms with Crippen LogP contribution < -0.4 is 0 Å². The van der Waals surface area contributed by atoms with Crippen LogP contribution in [-0.2, 0) is 0 Å². The summed E-state index contributed by atoms with van der Waals surface area (Å²) in [4.78, 5) is 10.0. The Morgan fingerprint density at radius 3 is 2.69 bits per heavy atom. The van der Waals surface area contributed by atoms with Crippen LogP contribution in [0.4, 0.5) is 5.69 Å². The number of nitrogens with zero attached hydrogens (tertiary/aromatic N) is 2. The molecule has 0 amide bonds. The van der Waals surface area contributed by atoms with E-state index in [9.17, 15) is 10.1 Å². The summed E-state index contributed by atoms with van der Waals surface area (Å²) in [5.74, 6) is 0. The third-order valence-corrected chi connectivity index (χ3v) is 2.53. The first-order valence-corrected chi connectivity index (χ1v) is 4.21. The first-order chi connectivity index (χ1) is 6.07. The normalized spacial score (nSPS) is 9.31. The fourth-order valence-corrected chi connectivity index (χ4v) is 1.32. The molecule has 0 aromatic heterocycles. The Hall–Kier alpha value is -1.41. The predicted molar refractivity (Wildman–Crippen MR) is 50.2 cm³/mol. The van der Waals surface area contributed by atoms with Crippen LogP contribution in [0.2, 0.25) is 0 Å². The zero-order valence-electron chi connectivity index (χ0n) is 6.74. The molecule has 0 radical (unpaired) electrons. The second kappa shape index (κ2) is 3.54. The van der Waals surface area contributed by atoms with Gasteiger partial charge < -0.3 is 0 Å². The maximum atomic E-state index is 10.6. The van der Waals surface area contributed by atoms with Crippen molar-refractivity contribution in [2.45, 2.75) is 6.92 Å². The summed E-state index contributed by atoms with van der Waals surface area (Å²) >= 11 is 3.16. The van der Waals surface area contributed by atoms with E-state index >= 15 is 0 Å². The second-order valence-electron chi connectivity index (χ2n) is 2.44. The van der Waals surface area contributed by atoms with Gasteiger partial charge in [0, 0.05) is 10.0 Å². The van der Waals surface area contributed by atoms with Crippen molar-refractivity contribution in [2.24, 2.45) is 0 Å². The van der Waals surface area contributed by atoms with Crippen molar-refractivity contribution < 1.29 is 4.92 Å². The predicted octanol–water partition coefficient (Wildman–Crippen LogP) is 2.54. The van der Waals surface area contributed by atoms with E-state index in [0.717, 1.165) is 0 Å². The highest BCUT2D eigenvalue weighted by atomic mass is 79.9. The molecule has 0 saturated heterocycles. The largest absolute Gasteiger partial charge is 0.291 e. The van der Waals surface area contributed by atoms with Gasteiger partial charge in [0.2, 0.25) is 0 Å². The van der Waals surface area contributed by atoms with Crippen LogP contribution in [0.3, 0.4) is 0 Å². The zero-order valence-corrected chi connectivity index (χ0v) is 8.33. The van der Waals surface area contributed by atoms with E-state index in [1.165, 1.54) is 6.07 Å². The highest BCUT2D eigenvalue weighted by Gasteiger charge is 2.18. The molecule has 4 nitrogen and oxygen atoms in total. The number of rotatable bonds is 1. The smallest absolute Gasteiger partial charge is 0.258 e. The lowest BCUT2D eigenvalue weighted by Gasteiger charge is -2.00. The molecule has 0 N–H and O–H groups in total. The van der Waals surface area contributed by atoms with E-state index in [0.29, 0.717) is 10.0 Å². The molecule has 0 unspecified atom stereocenters. The number of nitriles is 1. The first kappa shape index (κ1) is 9.68. The molecular formula is C8H5BrN2O2. The quantitative estimate of drug-likeness (QED) is 0.560. The minimum atomic E-state index is -0.543. The van der Waals surface area contributed by atoms with Crippen LogP contribution in [-0.4, -0.2) is 4.92 Å². The molecule has 1 aromatic rings. The highest BCUT2D eigenvalue weighted by molar-refractivity contribution is 9.10. The van der Waals surface area contributed by atoms with Crippen molar-refractivity contribution in [3.63, 3.8) is 0 Å². The summed E-state index contributed by atoms with van der Waals surface area (Å²) in [7, 11) is 0. The van der Waals surface area contributed by atoms with Gasteiger partial charge >= 0.3 is 0 Å². The Morgan fingerprint density at radius 1 is 1.62 bits per heavy atom. The van der Waals surface area contributed by atoms with Gasteiger partial charge in [-0.25, -0.2) is 0 Å². The van der Waals surface area contributed by atoms with E-state index in [4.69, 9.17) is 5.26 Å². The van der Waals surface area contributed by atoms with Crippen molar-refractivity contribution in [3.05, 3.63) is 37.8 Å². The van der Waals surface area contributed by atoms with Gasteiger partial charge in [-0.3, -0.25) is 10.1 Å². The third-order valence-electron chi connectivity index (χ3n) is 1.67. The van der Waals surface area contributed by atoms with Gasteiger partial charge in [-0.2, -0.15) is 5.26 Å². The van der Waals surface area contributed by atoms with E-state index in [-0.39, 0.29) is 11.3 Å². The Kier molecular flexibility index (Phi) is 2.63. The Morgan fingerprint density at radius 2 is 2.23 bits per heavy atom. The summed E-state index contributed by atoms with van der Waals surface area (Å²) in [5.41, 5.74) is 0.437. The Bertz CT molecular complexity index is 409. The third kappa shape index (κ3) is 1.68. The Labute approximate surface area is 83.1 Å². The first-order valence-electron chi connectivity index (χ1n) is 3.41. The fourth-order valence-electron chi connectivity index (χ4n) is 1.00. The number of hydrogen-bond donors (Lipinski definition) is 0. The second-order valence-corrected chi connectivity index (χ2v) is 3.29. The van der Waals surface area contributed by atoms with E-state index in [1.54, 1.807) is 19.1 Å². The van der Waals surface area contributed by atoms with Crippen molar-refractivity contribution >= 4 is 21.6 Å². The average molecular weight is 241 g/mol. The van der Waals surface area contributed by atoms with Gasteiger partial charge in [0.1, 0.15) is 11.6 Å². The Balaban J connectivity index is 3.53. The summed E-state index contributed by atoms with van der Waals surface area (Å²) in [6.07, 6.45) is 0. The molecule has 0 aliphatic carbocycles. The van der Waals surface area contributed by atoms with Gasteiger partial charge in [-0.15, -0.1) is 0 Å². The lowest BCUT2D eigenvalue weighted by Crippen LogP contribution is -1.95. The van der Waals surface area contributed by atoms with Gasteiger partial charge in [-0.1, -0.05) is 15.9 Å². The monoisotopic (exact) mass is 240 g/mol. The summed E-state index contributed by atoms with van der Waals surface area (Å²) in [6.45, 7) is 1.60. The van der Waals surface area contributed by atoms with Crippen LogP contribution >= 0.6 is 15.9 Å². The van der Waals surface area contributed by atoms with Gasteiger partial charge in [0.05, 0.1) is 4.92 Å². The zero-order chi connectivity index (χ0) is 10.0. The number of halogens is 1. The fraction of sp³-hybridized carbons (Fsp3) is 0.125. The molecule has 1 aromatic carbocycles. The minimum absolute atomic E-state index is 0.0886. The standard InChI is InChI=1S/C8H5BrN2O2/c1-5-7(9)3-2-6(4-10)8(5)11(12)13/h2-3H,1H3. The molecule has 0 spiro atoms. The van der Waals surface area contributed by atoms with Gasteiger partial charge in [0.25, 0.3) is 5.69 Å². The number of nitro benzene ring substituents is 1. The molecular weight excluding hydrogens is 236 g/mol. The van der Waals surface area contributed by atoms with Crippen LogP contribution in [0.5, 0.6) is 0 Å². The van der Waals surface area contributed by atoms with Crippen molar-refractivity contribution in [3.8, 4) is 6.07 Å². The summed E-state index contributed by atoms with van der Waals surface area (Å²) in [5, 5.41) is 19.2. The molecule has 0 fully saturated rings. The molecule has 0 aliphatic heterocycles. The van der Waals surface area contributed by atoms with E-state index in [1.807, 2.05) is 0 Å². The van der Waals surface area contributed by atoms with E-state index < -0.39 is 4.92 Å². The van der Waals surface area contributed by atoms with Crippen LogP contribution in [0.1, 0.15) is 11.1 Å². The lowest BCUT2D eigenvalue weighted by molar-refractivity contribution is -0.385. The molecule has 13 heavy (non-hydrogen) atoms. The number of nitro groups is 1. The average Bonchev–Trinajstić information content (AvgIpc) is 2.08. The topological polar surface area (TPSA) is 66.9 Å². The molecule has 0 aliphatic rings. The van der Waals surface area contributed by atoms with E-state index in [2.05, 4.69) is 15.9 Å². The molecule has 66 valence electrons. The molecule has 5 heteroatoms. The highest BCUT2D eigenvalue weighted by Crippen LogP contribution is 2.28. The molecule has 1 rings (SSSR count).